The van der Waals surface area contributed by atoms with Gasteiger partial charge in [-0.15, -0.1) is 0 Å². The van der Waals surface area contributed by atoms with Gasteiger partial charge in [0, 0.05) is 4.75 Å². The summed E-state index contributed by atoms with van der Waals surface area (Å²) >= 11 is 7.83. The highest BCUT2D eigenvalue weighted by atomic mass is 35.5. The highest BCUT2D eigenvalue weighted by molar-refractivity contribution is 8.00. The minimum Gasteiger partial charge on any atom is -0.495 e. The van der Waals surface area contributed by atoms with E-state index in [-0.39, 0.29) is 4.75 Å². The fourth-order valence-electron chi connectivity index (χ4n) is 2.22. The van der Waals surface area contributed by atoms with Crippen molar-refractivity contribution < 1.29 is 9.84 Å². The zero-order chi connectivity index (χ0) is 12.5. The Balaban J connectivity index is 2.27. The smallest absolute Gasteiger partial charge is 0.137 e. The summed E-state index contributed by atoms with van der Waals surface area (Å²) in [6, 6.07) is 5.48. The topological polar surface area (TPSA) is 29.5 Å². The molecule has 1 heterocycles. The van der Waals surface area contributed by atoms with Gasteiger partial charge in [-0.2, -0.15) is 11.8 Å². The maximum atomic E-state index is 10.5. The Kier molecular flexibility index (Phi) is 3.91. The Hall–Kier alpha value is -0.380. The summed E-state index contributed by atoms with van der Waals surface area (Å²) < 4.78 is 5.10. The fourth-order valence-corrected chi connectivity index (χ4v) is 3.75. The van der Waals surface area contributed by atoms with Crippen molar-refractivity contribution in [2.24, 2.45) is 0 Å². The van der Waals surface area contributed by atoms with Crippen LogP contribution in [0.15, 0.2) is 18.2 Å². The lowest BCUT2D eigenvalue weighted by molar-refractivity contribution is 0.134. The number of benzene rings is 1. The molecule has 4 heteroatoms. The van der Waals surface area contributed by atoms with Gasteiger partial charge < -0.3 is 9.84 Å². The first-order valence-corrected chi connectivity index (χ1v) is 7.08. The van der Waals surface area contributed by atoms with Gasteiger partial charge in [0.05, 0.1) is 18.2 Å². The van der Waals surface area contributed by atoms with Gasteiger partial charge in [-0.3, -0.25) is 0 Å². The maximum Gasteiger partial charge on any atom is 0.137 e. The quantitative estimate of drug-likeness (QED) is 0.910. The summed E-state index contributed by atoms with van der Waals surface area (Å²) in [5, 5.41) is 11.0. The number of aliphatic hydroxyl groups excluding tert-OH is 1. The van der Waals surface area contributed by atoms with Gasteiger partial charge in [0.15, 0.2) is 0 Å². The molecule has 2 rings (SSSR count). The number of rotatable bonds is 3. The van der Waals surface area contributed by atoms with E-state index in [1.54, 1.807) is 13.2 Å². The number of aliphatic hydroxyl groups is 1. The summed E-state index contributed by atoms with van der Waals surface area (Å²) in [5.74, 6) is 1.74. The normalized spacial score (nSPS) is 25.9. The largest absolute Gasteiger partial charge is 0.495 e. The second-order valence-electron chi connectivity index (χ2n) is 4.56. The van der Waals surface area contributed by atoms with Crippen LogP contribution < -0.4 is 4.74 Å². The van der Waals surface area contributed by atoms with Crippen LogP contribution in [0, 0.1) is 0 Å². The molecule has 2 atom stereocenters. The Morgan fingerprint density at radius 3 is 2.88 bits per heavy atom. The molecule has 1 aliphatic rings. The fraction of sp³-hybridized carbons (Fsp3) is 0.538. The first-order chi connectivity index (χ1) is 8.07. The van der Waals surface area contributed by atoms with Crippen molar-refractivity contribution in [3.8, 4) is 5.75 Å². The number of thioether (sulfide) groups is 1. The summed E-state index contributed by atoms with van der Waals surface area (Å²) in [6.45, 7) is 2.12. The lowest BCUT2D eigenvalue weighted by atomic mass is 9.93. The van der Waals surface area contributed by atoms with Crippen molar-refractivity contribution in [3.63, 3.8) is 0 Å². The number of ether oxygens (including phenoxy) is 1. The average molecular weight is 273 g/mol. The predicted molar refractivity (Wildman–Crippen MR) is 73.1 cm³/mol. The Bertz CT molecular complexity index is 402. The van der Waals surface area contributed by atoms with Gasteiger partial charge >= 0.3 is 0 Å². The second-order valence-corrected chi connectivity index (χ2v) is 6.60. The molecule has 0 amide bonds. The van der Waals surface area contributed by atoms with E-state index in [2.05, 4.69) is 6.92 Å². The summed E-state index contributed by atoms with van der Waals surface area (Å²) in [7, 11) is 1.59. The zero-order valence-corrected chi connectivity index (χ0v) is 11.6. The van der Waals surface area contributed by atoms with Gasteiger partial charge in [-0.1, -0.05) is 17.7 Å². The molecule has 0 aromatic heterocycles. The van der Waals surface area contributed by atoms with Gasteiger partial charge in [0.2, 0.25) is 0 Å². The molecule has 0 radical (unpaired) electrons. The minimum atomic E-state index is -0.471. The number of halogens is 1. The molecule has 2 unspecified atom stereocenters. The standard InChI is InChI=1S/C13H17ClO2S/c1-13(6-3-7-17-13)12(15)9-4-5-10(14)11(8-9)16-2/h4-5,8,12,15H,3,6-7H2,1-2H3. The molecular formula is C13H17ClO2S. The van der Waals surface area contributed by atoms with Crippen LogP contribution in [0.1, 0.15) is 31.4 Å². The van der Waals surface area contributed by atoms with Crippen LogP contribution >= 0.6 is 23.4 Å². The van der Waals surface area contributed by atoms with E-state index < -0.39 is 6.10 Å². The van der Waals surface area contributed by atoms with Crippen LogP contribution in [0.2, 0.25) is 5.02 Å². The molecule has 1 aromatic rings. The van der Waals surface area contributed by atoms with Gasteiger partial charge in [-0.25, -0.2) is 0 Å². The van der Waals surface area contributed by atoms with Crippen LogP contribution in [0.25, 0.3) is 0 Å². The van der Waals surface area contributed by atoms with E-state index >= 15 is 0 Å². The van der Waals surface area contributed by atoms with Gasteiger partial charge in [-0.05, 0) is 43.2 Å². The molecule has 17 heavy (non-hydrogen) atoms. The van der Waals surface area contributed by atoms with Crippen molar-refractivity contribution in [1.29, 1.82) is 0 Å². The van der Waals surface area contributed by atoms with Crippen molar-refractivity contribution in [2.45, 2.75) is 30.6 Å². The van der Waals surface area contributed by atoms with E-state index in [0.29, 0.717) is 10.8 Å². The zero-order valence-electron chi connectivity index (χ0n) is 10.1. The molecule has 1 fully saturated rings. The van der Waals surface area contributed by atoms with Crippen molar-refractivity contribution >= 4 is 23.4 Å². The van der Waals surface area contributed by atoms with Crippen molar-refractivity contribution in [3.05, 3.63) is 28.8 Å². The molecule has 1 saturated heterocycles. The lowest BCUT2D eigenvalue weighted by Crippen LogP contribution is -2.26. The van der Waals surface area contributed by atoms with Crippen LogP contribution in [0.5, 0.6) is 5.75 Å². The molecule has 0 saturated carbocycles. The van der Waals surface area contributed by atoms with E-state index in [1.807, 2.05) is 23.9 Å². The van der Waals surface area contributed by atoms with Gasteiger partial charge in [0.25, 0.3) is 0 Å². The molecule has 0 aliphatic carbocycles. The predicted octanol–water partition coefficient (Wildman–Crippen LogP) is 3.67. The second kappa shape index (κ2) is 5.09. The molecule has 0 spiro atoms. The highest BCUT2D eigenvalue weighted by Crippen LogP contribution is 2.47. The molecular weight excluding hydrogens is 256 g/mol. The Labute approximate surface area is 111 Å². The van der Waals surface area contributed by atoms with E-state index in [0.717, 1.165) is 17.7 Å². The lowest BCUT2D eigenvalue weighted by Gasteiger charge is -2.29. The summed E-state index contributed by atoms with van der Waals surface area (Å²) in [6.07, 6.45) is 1.74. The molecule has 1 aliphatic heterocycles. The van der Waals surface area contributed by atoms with Crippen LogP contribution in [-0.2, 0) is 0 Å². The third-order valence-corrected chi connectivity index (χ3v) is 5.21. The first-order valence-electron chi connectivity index (χ1n) is 5.72. The molecule has 94 valence electrons. The summed E-state index contributed by atoms with van der Waals surface area (Å²) in [5.41, 5.74) is 0.878. The first kappa shape index (κ1) is 13.1. The molecule has 0 bridgehead atoms. The van der Waals surface area contributed by atoms with Crippen LogP contribution in [0.3, 0.4) is 0 Å². The molecule has 2 nitrogen and oxygen atoms in total. The molecule has 1 aromatic carbocycles. The average Bonchev–Trinajstić information content (AvgIpc) is 2.77. The van der Waals surface area contributed by atoms with Crippen molar-refractivity contribution in [1.82, 2.24) is 0 Å². The van der Waals surface area contributed by atoms with Crippen LogP contribution in [0.4, 0.5) is 0 Å². The van der Waals surface area contributed by atoms with E-state index in [4.69, 9.17) is 16.3 Å². The number of hydrogen-bond acceptors (Lipinski definition) is 3. The monoisotopic (exact) mass is 272 g/mol. The van der Waals surface area contributed by atoms with E-state index in [9.17, 15) is 5.11 Å². The molecule has 1 N–H and O–H groups in total. The Morgan fingerprint density at radius 1 is 1.53 bits per heavy atom. The minimum absolute atomic E-state index is 0.0845. The van der Waals surface area contributed by atoms with E-state index in [1.165, 1.54) is 6.42 Å². The highest BCUT2D eigenvalue weighted by Gasteiger charge is 2.37. The van der Waals surface area contributed by atoms with Crippen LogP contribution in [-0.4, -0.2) is 22.7 Å². The third kappa shape index (κ3) is 2.56. The number of hydrogen-bond donors (Lipinski definition) is 1. The van der Waals surface area contributed by atoms with Gasteiger partial charge in [0.1, 0.15) is 5.75 Å². The maximum absolute atomic E-state index is 10.5. The van der Waals surface area contributed by atoms with Crippen molar-refractivity contribution in [2.75, 3.05) is 12.9 Å². The number of methoxy groups -OCH3 is 1. The SMILES string of the molecule is COc1cc(C(O)C2(C)CCCS2)ccc1Cl. The Morgan fingerprint density at radius 2 is 2.29 bits per heavy atom. The summed E-state index contributed by atoms with van der Waals surface area (Å²) in [4.78, 5) is 0. The third-order valence-electron chi connectivity index (χ3n) is 3.32.